The normalized spacial score (nSPS) is 12.2. The molecule has 1 heterocycles. The molecule has 0 aliphatic carbocycles. The van der Waals surface area contributed by atoms with Crippen LogP contribution in [0.5, 0.6) is 0 Å². The fraction of sp³-hybridized carbons (Fsp3) is 0.231. The van der Waals surface area contributed by atoms with Crippen LogP contribution < -0.4 is 5.32 Å². The van der Waals surface area contributed by atoms with Crippen LogP contribution in [0, 0.1) is 12.7 Å². The van der Waals surface area contributed by atoms with Gasteiger partial charge in [0.1, 0.15) is 17.6 Å². The first-order valence-corrected chi connectivity index (χ1v) is 6.45. The van der Waals surface area contributed by atoms with Crippen molar-refractivity contribution in [1.29, 1.82) is 0 Å². The number of rotatable bonds is 3. The molecule has 19 heavy (non-hydrogen) atoms. The quantitative estimate of drug-likeness (QED) is 0.940. The largest absolute Gasteiger partial charge is 0.444 e. The van der Waals surface area contributed by atoms with Crippen LogP contribution in [0.25, 0.3) is 0 Å². The molecular formula is C13H12BrFN2O2. The van der Waals surface area contributed by atoms with E-state index in [0.29, 0.717) is 21.7 Å². The average Bonchev–Trinajstić information content (AvgIpc) is 2.75. The fourth-order valence-electron chi connectivity index (χ4n) is 1.58. The van der Waals surface area contributed by atoms with Crippen LogP contribution in [-0.2, 0) is 0 Å². The Morgan fingerprint density at radius 2 is 2.26 bits per heavy atom. The highest BCUT2D eigenvalue weighted by molar-refractivity contribution is 9.10. The fourth-order valence-corrected chi connectivity index (χ4v) is 2.11. The standard InChI is InChI=1S/C13H12BrFN2O2/c1-7-6-16-13(19-7)8(2)17-12(18)10-4-3-9(15)5-11(10)14/h3-6,8H,1-2H3,(H,17,18). The number of hydrogen-bond acceptors (Lipinski definition) is 3. The van der Waals surface area contributed by atoms with Gasteiger partial charge in [-0.3, -0.25) is 4.79 Å². The summed E-state index contributed by atoms with van der Waals surface area (Å²) < 4.78 is 18.7. The van der Waals surface area contributed by atoms with Crippen LogP contribution in [0.3, 0.4) is 0 Å². The van der Waals surface area contributed by atoms with Crippen LogP contribution in [0.4, 0.5) is 4.39 Å². The molecular weight excluding hydrogens is 315 g/mol. The van der Waals surface area contributed by atoms with E-state index in [2.05, 4.69) is 26.2 Å². The first-order valence-electron chi connectivity index (χ1n) is 5.65. The summed E-state index contributed by atoms with van der Waals surface area (Å²) in [6.45, 7) is 3.54. The van der Waals surface area contributed by atoms with Crippen molar-refractivity contribution in [1.82, 2.24) is 10.3 Å². The third-order valence-corrected chi connectivity index (χ3v) is 3.19. The van der Waals surface area contributed by atoms with E-state index < -0.39 is 5.82 Å². The predicted octanol–water partition coefficient (Wildman–Crippen LogP) is 3.38. The summed E-state index contributed by atoms with van der Waals surface area (Å²) in [6, 6.07) is 3.54. The monoisotopic (exact) mass is 326 g/mol. The molecule has 0 bridgehead atoms. The van der Waals surface area contributed by atoms with Gasteiger partial charge in [-0.15, -0.1) is 0 Å². The van der Waals surface area contributed by atoms with Gasteiger partial charge in [-0.2, -0.15) is 0 Å². The van der Waals surface area contributed by atoms with Gasteiger partial charge in [0.15, 0.2) is 0 Å². The topological polar surface area (TPSA) is 55.1 Å². The molecule has 2 rings (SSSR count). The average molecular weight is 327 g/mol. The lowest BCUT2D eigenvalue weighted by Gasteiger charge is -2.11. The third kappa shape index (κ3) is 3.20. The highest BCUT2D eigenvalue weighted by Crippen LogP contribution is 2.19. The Bertz CT molecular complexity index is 612. The summed E-state index contributed by atoms with van der Waals surface area (Å²) >= 11 is 3.16. The van der Waals surface area contributed by atoms with Crippen molar-refractivity contribution in [2.75, 3.05) is 0 Å². The smallest absolute Gasteiger partial charge is 0.253 e. The van der Waals surface area contributed by atoms with Gasteiger partial charge in [0.2, 0.25) is 5.89 Å². The number of carbonyl (C=O) groups excluding carboxylic acids is 1. The van der Waals surface area contributed by atoms with Crippen molar-refractivity contribution in [3.05, 3.63) is 51.9 Å². The number of nitrogens with zero attached hydrogens (tertiary/aromatic N) is 1. The van der Waals surface area contributed by atoms with Gasteiger partial charge >= 0.3 is 0 Å². The Balaban J connectivity index is 2.12. The maximum atomic E-state index is 13.0. The molecule has 1 amide bonds. The number of nitrogens with one attached hydrogen (secondary N) is 1. The minimum atomic E-state index is -0.403. The maximum Gasteiger partial charge on any atom is 0.253 e. The minimum absolute atomic E-state index is 0.324. The van der Waals surface area contributed by atoms with E-state index in [-0.39, 0.29) is 11.9 Å². The van der Waals surface area contributed by atoms with Gasteiger partial charge in [0.05, 0.1) is 11.8 Å². The summed E-state index contributed by atoms with van der Waals surface area (Å²) in [6.07, 6.45) is 1.59. The molecule has 6 heteroatoms. The van der Waals surface area contributed by atoms with Crippen molar-refractivity contribution in [2.24, 2.45) is 0 Å². The van der Waals surface area contributed by atoms with Gasteiger partial charge in [-0.05, 0) is 48.0 Å². The van der Waals surface area contributed by atoms with E-state index in [4.69, 9.17) is 4.42 Å². The van der Waals surface area contributed by atoms with Crippen LogP contribution >= 0.6 is 15.9 Å². The summed E-state index contributed by atoms with van der Waals surface area (Å²) in [5, 5.41) is 2.74. The molecule has 1 atom stereocenters. The van der Waals surface area contributed by atoms with E-state index >= 15 is 0 Å². The molecule has 100 valence electrons. The molecule has 0 spiro atoms. The van der Waals surface area contributed by atoms with E-state index in [1.54, 1.807) is 20.0 Å². The van der Waals surface area contributed by atoms with Crippen molar-refractivity contribution < 1.29 is 13.6 Å². The molecule has 0 fully saturated rings. The second-order valence-electron chi connectivity index (χ2n) is 4.13. The Kier molecular flexibility index (Phi) is 3.99. The van der Waals surface area contributed by atoms with Crippen molar-refractivity contribution in [2.45, 2.75) is 19.9 Å². The molecule has 1 N–H and O–H groups in total. The zero-order chi connectivity index (χ0) is 14.0. The van der Waals surface area contributed by atoms with Crippen LogP contribution in [0.15, 0.2) is 33.3 Å². The first kappa shape index (κ1) is 13.7. The SMILES string of the molecule is Cc1cnc(C(C)NC(=O)c2ccc(F)cc2Br)o1. The van der Waals surface area contributed by atoms with E-state index in [1.165, 1.54) is 18.2 Å². The number of hydrogen-bond donors (Lipinski definition) is 1. The van der Waals surface area contributed by atoms with Gasteiger partial charge in [-0.25, -0.2) is 9.37 Å². The Morgan fingerprint density at radius 3 is 2.84 bits per heavy atom. The zero-order valence-corrected chi connectivity index (χ0v) is 12.0. The second-order valence-corrected chi connectivity index (χ2v) is 4.98. The molecule has 4 nitrogen and oxygen atoms in total. The Labute approximate surface area is 118 Å². The molecule has 1 aromatic carbocycles. The predicted molar refractivity (Wildman–Crippen MR) is 71.2 cm³/mol. The molecule has 1 aromatic heterocycles. The van der Waals surface area contributed by atoms with E-state index in [0.717, 1.165) is 0 Å². The summed E-state index contributed by atoms with van der Waals surface area (Å²) in [4.78, 5) is 16.1. The van der Waals surface area contributed by atoms with E-state index in [1.807, 2.05) is 0 Å². The number of halogens is 2. The van der Waals surface area contributed by atoms with Crippen molar-refractivity contribution in [3.63, 3.8) is 0 Å². The number of amides is 1. The van der Waals surface area contributed by atoms with Crippen LogP contribution in [0.2, 0.25) is 0 Å². The lowest BCUT2D eigenvalue weighted by Crippen LogP contribution is -2.27. The zero-order valence-electron chi connectivity index (χ0n) is 10.4. The first-order chi connectivity index (χ1) is 8.97. The molecule has 0 aliphatic rings. The molecule has 1 unspecified atom stereocenters. The number of carbonyl (C=O) groups is 1. The highest BCUT2D eigenvalue weighted by atomic mass is 79.9. The molecule has 0 saturated heterocycles. The highest BCUT2D eigenvalue weighted by Gasteiger charge is 2.17. The number of benzene rings is 1. The van der Waals surface area contributed by atoms with Crippen molar-refractivity contribution in [3.8, 4) is 0 Å². The van der Waals surface area contributed by atoms with Crippen LogP contribution in [0.1, 0.15) is 35.0 Å². The summed E-state index contributed by atoms with van der Waals surface area (Å²) in [7, 11) is 0. The minimum Gasteiger partial charge on any atom is -0.444 e. The molecule has 0 radical (unpaired) electrons. The second kappa shape index (κ2) is 5.52. The number of oxazole rings is 1. The van der Waals surface area contributed by atoms with Gasteiger partial charge in [0.25, 0.3) is 5.91 Å². The maximum absolute atomic E-state index is 13.0. The van der Waals surface area contributed by atoms with Crippen LogP contribution in [-0.4, -0.2) is 10.9 Å². The lowest BCUT2D eigenvalue weighted by molar-refractivity contribution is 0.0933. The van der Waals surface area contributed by atoms with Gasteiger partial charge in [0, 0.05) is 4.47 Å². The van der Waals surface area contributed by atoms with Gasteiger partial charge < -0.3 is 9.73 Å². The van der Waals surface area contributed by atoms with E-state index in [9.17, 15) is 9.18 Å². The molecule has 2 aromatic rings. The number of aromatic nitrogens is 1. The molecule has 0 aliphatic heterocycles. The van der Waals surface area contributed by atoms with Crippen molar-refractivity contribution >= 4 is 21.8 Å². The Morgan fingerprint density at radius 1 is 1.53 bits per heavy atom. The summed E-state index contributed by atoms with van der Waals surface area (Å²) in [5.74, 6) is 0.387. The summed E-state index contributed by atoms with van der Waals surface area (Å²) in [5.41, 5.74) is 0.358. The third-order valence-electron chi connectivity index (χ3n) is 2.53. The molecule has 0 saturated carbocycles. The van der Waals surface area contributed by atoms with Gasteiger partial charge in [-0.1, -0.05) is 0 Å². The Hall–Kier alpha value is -1.69. The number of aryl methyl sites for hydroxylation is 1. The lowest BCUT2D eigenvalue weighted by atomic mass is 10.2.